The summed E-state index contributed by atoms with van der Waals surface area (Å²) in [5, 5.41) is 4.14. The topological polar surface area (TPSA) is 53.3 Å². The van der Waals surface area contributed by atoms with E-state index in [9.17, 15) is 4.79 Å². The summed E-state index contributed by atoms with van der Waals surface area (Å²) in [4.78, 5) is 11.4. The van der Waals surface area contributed by atoms with Crippen LogP contribution in [-0.4, -0.2) is 37.5 Å². The molecule has 0 amide bonds. The average Bonchev–Trinajstić information content (AvgIpc) is 2.64. The molecule has 0 aliphatic carbocycles. The van der Waals surface area contributed by atoms with Crippen molar-refractivity contribution in [3.8, 4) is 0 Å². The number of carbonyl (C=O) groups excluding carboxylic acids is 1. The van der Waals surface area contributed by atoms with E-state index < -0.39 is 14.0 Å². The summed E-state index contributed by atoms with van der Waals surface area (Å²) in [7, 11) is 0.299. The lowest BCUT2D eigenvalue weighted by Crippen LogP contribution is -2.22. The first-order chi connectivity index (χ1) is 8.33. The van der Waals surface area contributed by atoms with Crippen molar-refractivity contribution in [2.75, 3.05) is 13.7 Å². The quantitative estimate of drug-likeness (QED) is 0.452. The molecule has 1 rings (SSSR count). The van der Waals surface area contributed by atoms with Crippen molar-refractivity contribution in [1.29, 1.82) is 0 Å². The Hall–Kier alpha value is -1.14. The molecule has 1 aromatic rings. The summed E-state index contributed by atoms with van der Waals surface area (Å²) in [5.41, 5.74) is 1.15. The molecule has 18 heavy (non-hydrogen) atoms. The number of rotatable bonds is 6. The van der Waals surface area contributed by atoms with Crippen molar-refractivity contribution in [2.24, 2.45) is 0 Å². The molecule has 0 bridgehead atoms. The zero-order valence-electron chi connectivity index (χ0n) is 11.8. The SMILES string of the molecule is COC(=O)c1nn(COCC[Si](C)(C)C)cc1C. The number of nitrogens with zero attached hydrogens (tertiary/aromatic N) is 2. The summed E-state index contributed by atoms with van der Waals surface area (Å²) in [6.07, 6.45) is 1.79. The molecule has 0 aliphatic heterocycles. The maximum atomic E-state index is 11.4. The fourth-order valence-electron chi connectivity index (χ4n) is 1.42. The van der Waals surface area contributed by atoms with Crippen LogP contribution in [0.3, 0.4) is 0 Å². The minimum Gasteiger partial charge on any atom is -0.464 e. The third kappa shape index (κ3) is 4.62. The summed E-state index contributed by atoms with van der Waals surface area (Å²) in [6, 6.07) is 1.12. The van der Waals surface area contributed by atoms with E-state index in [0.29, 0.717) is 12.4 Å². The largest absolute Gasteiger partial charge is 0.464 e. The van der Waals surface area contributed by atoms with Gasteiger partial charge in [0.05, 0.1) is 7.11 Å². The Labute approximate surface area is 109 Å². The van der Waals surface area contributed by atoms with Crippen LogP contribution in [0.1, 0.15) is 16.1 Å². The van der Waals surface area contributed by atoms with E-state index in [0.717, 1.165) is 18.2 Å². The van der Waals surface area contributed by atoms with Crippen LogP contribution in [0.5, 0.6) is 0 Å². The minimum atomic E-state index is -1.05. The van der Waals surface area contributed by atoms with Crippen LogP contribution in [0, 0.1) is 6.92 Å². The maximum Gasteiger partial charge on any atom is 0.358 e. The lowest BCUT2D eigenvalue weighted by atomic mass is 10.3. The first-order valence-corrected chi connectivity index (χ1v) is 9.74. The van der Waals surface area contributed by atoms with E-state index in [4.69, 9.17) is 4.74 Å². The molecule has 1 heterocycles. The van der Waals surface area contributed by atoms with Gasteiger partial charge in [0.2, 0.25) is 0 Å². The van der Waals surface area contributed by atoms with Gasteiger partial charge in [-0.1, -0.05) is 19.6 Å². The van der Waals surface area contributed by atoms with Gasteiger partial charge in [-0.05, 0) is 13.0 Å². The zero-order chi connectivity index (χ0) is 13.8. The number of esters is 1. The van der Waals surface area contributed by atoms with Crippen LogP contribution in [-0.2, 0) is 16.2 Å². The number of methoxy groups -OCH3 is 1. The summed E-state index contributed by atoms with van der Waals surface area (Å²) >= 11 is 0. The molecule has 0 aromatic carbocycles. The molecule has 0 aliphatic rings. The van der Waals surface area contributed by atoms with Crippen LogP contribution in [0.4, 0.5) is 0 Å². The Balaban J connectivity index is 2.47. The predicted octanol–water partition coefficient (Wildman–Crippen LogP) is 2.29. The summed E-state index contributed by atoms with van der Waals surface area (Å²) < 4.78 is 11.8. The molecule has 5 nitrogen and oxygen atoms in total. The Morgan fingerprint density at radius 2 is 2.11 bits per heavy atom. The first kappa shape index (κ1) is 14.9. The molecular weight excluding hydrogens is 248 g/mol. The fourth-order valence-corrected chi connectivity index (χ4v) is 2.18. The highest BCUT2D eigenvalue weighted by molar-refractivity contribution is 6.76. The summed E-state index contributed by atoms with van der Waals surface area (Å²) in [5.74, 6) is -0.409. The zero-order valence-corrected chi connectivity index (χ0v) is 12.8. The van der Waals surface area contributed by atoms with Gasteiger partial charge in [0.25, 0.3) is 0 Å². The number of aromatic nitrogens is 2. The molecule has 0 saturated carbocycles. The number of hydrogen-bond donors (Lipinski definition) is 0. The standard InChI is InChI=1S/C12H22N2O3Si/c1-10-8-14(13-11(10)12(15)16-2)9-17-6-7-18(3,4)5/h8H,6-7,9H2,1-5H3. The third-order valence-corrected chi connectivity index (χ3v) is 4.25. The van der Waals surface area contributed by atoms with E-state index in [-0.39, 0.29) is 0 Å². The van der Waals surface area contributed by atoms with Gasteiger partial charge < -0.3 is 9.47 Å². The predicted molar refractivity (Wildman–Crippen MR) is 72.4 cm³/mol. The molecular formula is C12H22N2O3Si. The van der Waals surface area contributed by atoms with Crippen LogP contribution in [0.15, 0.2) is 6.20 Å². The van der Waals surface area contributed by atoms with E-state index >= 15 is 0 Å². The maximum absolute atomic E-state index is 11.4. The molecule has 1 aromatic heterocycles. The molecule has 0 N–H and O–H groups in total. The van der Waals surface area contributed by atoms with Crippen molar-refractivity contribution < 1.29 is 14.3 Å². The fraction of sp³-hybridized carbons (Fsp3) is 0.667. The van der Waals surface area contributed by atoms with Crippen LogP contribution < -0.4 is 0 Å². The van der Waals surface area contributed by atoms with Crippen molar-refractivity contribution in [3.63, 3.8) is 0 Å². The lowest BCUT2D eigenvalue weighted by molar-refractivity contribution is 0.0582. The van der Waals surface area contributed by atoms with Gasteiger partial charge in [0.1, 0.15) is 6.73 Å². The van der Waals surface area contributed by atoms with Crippen LogP contribution >= 0.6 is 0 Å². The normalized spacial score (nSPS) is 11.6. The van der Waals surface area contributed by atoms with E-state index in [1.807, 2.05) is 6.92 Å². The van der Waals surface area contributed by atoms with Crippen molar-refractivity contribution >= 4 is 14.0 Å². The van der Waals surface area contributed by atoms with Crippen molar-refractivity contribution in [1.82, 2.24) is 9.78 Å². The number of ether oxygens (including phenoxy) is 2. The Morgan fingerprint density at radius 3 is 2.67 bits per heavy atom. The Kier molecular flexibility index (Phi) is 5.10. The molecule has 0 unspecified atom stereocenters. The molecule has 102 valence electrons. The van der Waals surface area contributed by atoms with Crippen molar-refractivity contribution in [3.05, 3.63) is 17.5 Å². The van der Waals surface area contributed by atoms with E-state index in [1.54, 1.807) is 10.9 Å². The lowest BCUT2D eigenvalue weighted by Gasteiger charge is -2.15. The van der Waals surface area contributed by atoms with Gasteiger partial charge >= 0.3 is 5.97 Å². The minimum absolute atomic E-state index is 0.353. The van der Waals surface area contributed by atoms with Crippen molar-refractivity contribution in [2.45, 2.75) is 39.3 Å². The highest BCUT2D eigenvalue weighted by Gasteiger charge is 2.15. The second-order valence-corrected chi connectivity index (χ2v) is 11.2. The first-order valence-electron chi connectivity index (χ1n) is 6.03. The van der Waals surface area contributed by atoms with Crippen LogP contribution in [0.25, 0.3) is 0 Å². The molecule has 0 spiro atoms. The molecule has 0 fully saturated rings. The monoisotopic (exact) mass is 270 g/mol. The number of hydrogen-bond acceptors (Lipinski definition) is 4. The smallest absolute Gasteiger partial charge is 0.358 e. The average molecular weight is 270 g/mol. The highest BCUT2D eigenvalue weighted by atomic mass is 28.3. The van der Waals surface area contributed by atoms with E-state index in [1.165, 1.54) is 7.11 Å². The third-order valence-electron chi connectivity index (χ3n) is 2.54. The Bertz CT molecular complexity index is 410. The van der Waals surface area contributed by atoms with Gasteiger partial charge in [0, 0.05) is 26.4 Å². The van der Waals surface area contributed by atoms with E-state index in [2.05, 4.69) is 29.5 Å². The molecule has 0 atom stereocenters. The Morgan fingerprint density at radius 1 is 1.44 bits per heavy atom. The molecule has 6 heteroatoms. The van der Waals surface area contributed by atoms with Gasteiger partial charge in [0.15, 0.2) is 5.69 Å². The summed E-state index contributed by atoms with van der Waals surface area (Å²) in [6.45, 7) is 9.87. The van der Waals surface area contributed by atoms with Gasteiger partial charge in [-0.25, -0.2) is 9.48 Å². The van der Waals surface area contributed by atoms with Gasteiger partial charge in [-0.3, -0.25) is 0 Å². The number of carbonyl (C=O) groups is 1. The number of aryl methyl sites for hydroxylation is 1. The second-order valence-electron chi connectivity index (χ2n) is 5.54. The molecule has 0 saturated heterocycles. The molecule has 0 radical (unpaired) electrons. The van der Waals surface area contributed by atoms with Gasteiger partial charge in [-0.2, -0.15) is 5.10 Å². The van der Waals surface area contributed by atoms with Gasteiger partial charge in [-0.15, -0.1) is 0 Å². The van der Waals surface area contributed by atoms with Crippen LogP contribution in [0.2, 0.25) is 25.7 Å². The highest BCUT2D eigenvalue weighted by Crippen LogP contribution is 2.09. The second kappa shape index (κ2) is 6.15.